The zero-order chi connectivity index (χ0) is 13.8. The summed E-state index contributed by atoms with van der Waals surface area (Å²) >= 11 is 4.99. The van der Waals surface area contributed by atoms with Gasteiger partial charge in [-0.2, -0.15) is 0 Å². The van der Waals surface area contributed by atoms with Crippen LogP contribution in [0.5, 0.6) is 0 Å². The van der Waals surface area contributed by atoms with Gasteiger partial charge in [-0.15, -0.1) is 0 Å². The number of hydrogen-bond donors (Lipinski definition) is 1. The van der Waals surface area contributed by atoms with Gasteiger partial charge in [0, 0.05) is 12.1 Å². The maximum atomic E-state index is 5.64. The number of hydrogen-bond acceptors (Lipinski definition) is 3. The fourth-order valence-electron chi connectivity index (χ4n) is 2.03. The molecule has 0 bridgehead atoms. The van der Waals surface area contributed by atoms with Crippen molar-refractivity contribution in [2.45, 2.75) is 20.0 Å². The molecule has 1 heterocycles. The summed E-state index contributed by atoms with van der Waals surface area (Å²) in [6.45, 7) is 3.57. The van der Waals surface area contributed by atoms with Crippen molar-refractivity contribution in [3.8, 4) is 0 Å². The number of rotatable bonds is 5. The van der Waals surface area contributed by atoms with E-state index >= 15 is 0 Å². The third-order valence-corrected chi connectivity index (χ3v) is 3.12. The average molecular weight is 274 g/mol. The van der Waals surface area contributed by atoms with Gasteiger partial charge in [-0.1, -0.05) is 30.4 Å². The Morgan fingerprint density at radius 2 is 2.05 bits per heavy atom. The Balaban J connectivity index is 2.00. The van der Waals surface area contributed by atoms with E-state index in [0.717, 1.165) is 30.2 Å². The lowest BCUT2D eigenvalue weighted by Crippen LogP contribution is -2.17. The van der Waals surface area contributed by atoms with Crippen LogP contribution in [0.1, 0.15) is 22.6 Å². The molecule has 0 spiro atoms. The van der Waals surface area contributed by atoms with E-state index in [1.807, 2.05) is 37.3 Å². The molecule has 0 atom stereocenters. The molecule has 0 aliphatic rings. The fraction of sp³-hybridized carbons (Fsp3) is 0.267. The highest BCUT2D eigenvalue weighted by molar-refractivity contribution is 7.80. The van der Waals surface area contributed by atoms with E-state index < -0.39 is 0 Å². The molecule has 19 heavy (non-hydrogen) atoms. The lowest BCUT2D eigenvalue weighted by molar-refractivity contribution is 0.285. The summed E-state index contributed by atoms with van der Waals surface area (Å²) in [5.41, 5.74) is 7.75. The van der Waals surface area contributed by atoms with Crippen molar-refractivity contribution in [2.75, 3.05) is 7.05 Å². The summed E-state index contributed by atoms with van der Waals surface area (Å²) in [5, 5.41) is 0. The zero-order valence-corrected chi connectivity index (χ0v) is 12.0. The summed E-state index contributed by atoms with van der Waals surface area (Å²) in [5.74, 6) is 1.92. The highest BCUT2D eigenvalue weighted by Gasteiger charge is 2.06. The minimum Gasteiger partial charge on any atom is -0.465 e. The first kappa shape index (κ1) is 13.8. The van der Waals surface area contributed by atoms with Gasteiger partial charge in [0.2, 0.25) is 0 Å². The molecule has 0 saturated carbocycles. The maximum absolute atomic E-state index is 5.64. The predicted molar refractivity (Wildman–Crippen MR) is 80.9 cm³/mol. The van der Waals surface area contributed by atoms with Crippen molar-refractivity contribution in [1.82, 2.24) is 4.90 Å². The molecule has 1 aromatic heterocycles. The number of thiocarbonyl (C=S) groups is 1. The maximum Gasteiger partial charge on any atom is 0.118 e. The van der Waals surface area contributed by atoms with Gasteiger partial charge in [0.25, 0.3) is 0 Å². The Hall–Kier alpha value is -1.65. The molecule has 0 radical (unpaired) electrons. The van der Waals surface area contributed by atoms with E-state index in [0.29, 0.717) is 4.99 Å². The standard InChI is InChI=1S/C15H18N2OS/c1-11-6-7-14(18-11)10-17(2)9-12-4-3-5-13(8-12)15(16)19/h3-8H,9-10H2,1-2H3,(H2,16,19). The molecule has 3 nitrogen and oxygen atoms in total. The van der Waals surface area contributed by atoms with Crippen LogP contribution >= 0.6 is 12.2 Å². The van der Waals surface area contributed by atoms with Gasteiger partial charge >= 0.3 is 0 Å². The Kier molecular flexibility index (Phi) is 4.35. The second-order valence-electron chi connectivity index (χ2n) is 4.75. The second-order valence-corrected chi connectivity index (χ2v) is 5.19. The van der Waals surface area contributed by atoms with Crippen LogP contribution in [0.25, 0.3) is 0 Å². The van der Waals surface area contributed by atoms with E-state index in [2.05, 4.69) is 18.0 Å². The second kappa shape index (κ2) is 5.99. The van der Waals surface area contributed by atoms with Gasteiger partial charge in [-0.05, 0) is 37.7 Å². The number of nitrogens with two attached hydrogens (primary N) is 1. The lowest BCUT2D eigenvalue weighted by atomic mass is 10.1. The normalized spacial score (nSPS) is 10.9. The highest BCUT2D eigenvalue weighted by Crippen LogP contribution is 2.12. The van der Waals surface area contributed by atoms with Crippen molar-refractivity contribution in [2.24, 2.45) is 5.73 Å². The van der Waals surface area contributed by atoms with Gasteiger partial charge in [0.1, 0.15) is 16.5 Å². The summed E-state index contributed by atoms with van der Waals surface area (Å²) in [6, 6.07) is 12.0. The van der Waals surface area contributed by atoms with Crippen LogP contribution in [0, 0.1) is 6.92 Å². The molecule has 2 aromatic rings. The molecule has 0 saturated heterocycles. The summed E-state index contributed by atoms with van der Waals surface area (Å²) in [4.78, 5) is 2.63. The number of aryl methyl sites for hydroxylation is 1. The van der Waals surface area contributed by atoms with Crippen LogP contribution in [0.3, 0.4) is 0 Å². The monoisotopic (exact) mass is 274 g/mol. The Bertz CT molecular complexity index is 577. The predicted octanol–water partition coefficient (Wildman–Crippen LogP) is 2.85. The van der Waals surface area contributed by atoms with Gasteiger partial charge in [0.05, 0.1) is 6.54 Å². The van der Waals surface area contributed by atoms with Gasteiger partial charge < -0.3 is 10.2 Å². The van der Waals surface area contributed by atoms with Crippen LogP contribution < -0.4 is 5.73 Å². The van der Waals surface area contributed by atoms with E-state index in [4.69, 9.17) is 22.4 Å². The van der Waals surface area contributed by atoms with E-state index in [-0.39, 0.29) is 0 Å². The Morgan fingerprint density at radius 3 is 2.68 bits per heavy atom. The molecular formula is C15H18N2OS. The summed E-state index contributed by atoms with van der Waals surface area (Å²) < 4.78 is 5.57. The fourth-order valence-corrected chi connectivity index (χ4v) is 2.15. The molecule has 1 aromatic carbocycles. The first-order chi connectivity index (χ1) is 9.04. The van der Waals surface area contributed by atoms with E-state index in [1.54, 1.807) is 0 Å². The van der Waals surface area contributed by atoms with Crippen molar-refractivity contribution >= 4 is 17.2 Å². The zero-order valence-electron chi connectivity index (χ0n) is 11.2. The Labute approximate surface area is 119 Å². The lowest BCUT2D eigenvalue weighted by Gasteiger charge is -2.15. The topological polar surface area (TPSA) is 42.4 Å². The minimum absolute atomic E-state index is 0.436. The number of benzene rings is 1. The van der Waals surface area contributed by atoms with Crippen LogP contribution in [0.2, 0.25) is 0 Å². The smallest absolute Gasteiger partial charge is 0.118 e. The molecule has 4 heteroatoms. The third kappa shape index (κ3) is 3.91. The first-order valence-electron chi connectivity index (χ1n) is 6.17. The molecule has 100 valence electrons. The van der Waals surface area contributed by atoms with Crippen molar-refractivity contribution in [1.29, 1.82) is 0 Å². The summed E-state index contributed by atoms with van der Waals surface area (Å²) in [6.07, 6.45) is 0. The van der Waals surface area contributed by atoms with Crippen molar-refractivity contribution in [3.05, 3.63) is 59.0 Å². The molecular weight excluding hydrogens is 256 g/mol. The quantitative estimate of drug-likeness (QED) is 0.851. The molecule has 2 rings (SSSR count). The summed E-state index contributed by atoms with van der Waals surface area (Å²) in [7, 11) is 2.06. The molecule has 0 amide bonds. The SMILES string of the molecule is Cc1ccc(CN(C)Cc2cccc(C(N)=S)c2)o1. The molecule has 2 N–H and O–H groups in total. The number of furan rings is 1. The molecule has 0 aliphatic carbocycles. The van der Waals surface area contributed by atoms with Crippen molar-refractivity contribution < 1.29 is 4.42 Å². The Morgan fingerprint density at radius 1 is 1.26 bits per heavy atom. The van der Waals surface area contributed by atoms with Gasteiger partial charge in [0.15, 0.2) is 0 Å². The minimum atomic E-state index is 0.436. The first-order valence-corrected chi connectivity index (χ1v) is 6.58. The van der Waals surface area contributed by atoms with Crippen molar-refractivity contribution in [3.63, 3.8) is 0 Å². The van der Waals surface area contributed by atoms with Crippen LogP contribution in [0.15, 0.2) is 40.8 Å². The average Bonchev–Trinajstić information content (AvgIpc) is 2.74. The largest absolute Gasteiger partial charge is 0.465 e. The van der Waals surface area contributed by atoms with E-state index in [9.17, 15) is 0 Å². The molecule has 0 unspecified atom stereocenters. The van der Waals surface area contributed by atoms with Crippen LogP contribution in [-0.2, 0) is 13.1 Å². The highest BCUT2D eigenvalue weighted by atomic mass is 32.1. The van der Waals surface area contributed by atoms with Gasteiger partial charge in [-0.25, -0.2) is 0 Å². The molecule has 0 aliphatic heterocycles. The molecule has 0 fully saturated rings. The van der Waals surface area contributed by atoms with Crippen LogP contribution in [0.4, 0.5) is 0 Å². The third-order valence-electron chi connectivity index (χ3n) is 2.89. The van der Waals surface area contributed by atoms with E-state index in [1.165, 1.54) is 5.56 Å². The number of nitrogens with zero attached hydrogens (tertiary/aromatic N) is 1. The van der Waals surface area contributed by atoms with Gasteiger partial charge in [-0.3, -0.25) is 4.90 Å². The van der Waals surface area contributed by atoms with Crippen LogP contribution in [-0.4, -0.2) is 16.9 Å².